The number of fused-ring (bicyclic) bond motifs is 1. The Morgan fingerprint density at radius 3 is 2.76 bits per heavy atom. The molecule has 0 aromatic carbocycles. The number of unbranched alkanes of at least 4 members (excludes halogenated alkanes) is 1. The summed E-state index contributed by atoms with van der Waals surface area (Å²) in [5, 5.41) is 9.92. The van der Waals surface area contributed by atoms with Crippen molar-refractivity contribution < 1.29 is 24.1 Å². The molecule has 17 heavy (non-hydrogen) atoms. The van der Waals surface area contributed by atoms with Gasteiger partial charge in [-0.2, -0.15) is 0 Å². The van der Waals surface area contributed by atoms with Gasteiger partial charge in [-0.15, -0.1) is 0 Å². The maximum Gasteiger partial charge on any atom is 0.236 e. The lowest BCUT2D eigenvalue weighted by molar-refractivity contribution is -0.184. The lowest BCUT2D eigenvalue weighted by Crippen LogP contribution is -2.23. The number of hydrogen-bond acceptors (Lipinski definition) is 5. The molecule has 0 aliphatic carbocycles. The molecule has 2 aliphatic heterocycles. The molecular weight excluding hydrogens is 224 g/mol. The summed E-state index contributed by atoms with van der Waals surface area (Å²) in [5.74, 6) is -0.193. The van der Waals surface area contributed by atoms with Crippen molar-refractivity contribution in [3.8, 4) is 0 Å². The van der Waals surface area contributed by atoms with E-state index in [-0.39, 0.29) is 12.4 Å². The van der Waals surface area contributed by atoms with Gasteiger partial charge in [-0.1, -0.05) is 13.3 Å². The third-order valence-electron chi connectivity index (χ3n) is 2.75. The van der Waals surface area contributed by atoms with Crippen molar-refractivity contribution >= 4 is 0 Å². The molecule has 0 amide bonds. The molecule has 5 nitrogen and oxygen atoms in total. The average molecular weight is 244 g/mol. The van der Waals surface area contributed by atoms with Crippen LogP contribution < -0.4 is 0 Å². The Morgan fingerprint density at radius 1 is 1.35 bits per heavy atom. The molecule has 0 aromatic heterocycles. The normalized spacial score (nSPS) is 30.5. The third kappa shape index (κ3) is 2.73. The zero-order valence-electron chi connectivity index (χ0n) is 10.6. The Hall–Kier alpha value is -0.780. The molecule has 0 bridgehead atoms. The van der Waals surface area contributed by atoms with Gasteiger partial charge in [-0.05, 0) is 20.3 Å². The van der Waals surface area contributed by atoms with E-state index in [0.29, 0.717) is 12.4 Å². The van der Waals surface area contributed by atoms with Crippen LogP contribution in [0.2, 0.25) is 0 Å². The van der Waals surface area contributed by atoms with Gasteiger partial charge in [-0.25, -0.2) is 0 Å². The summed E-state index contributed by atoms with van der Waals surface area (Å²) >= 11 is 0. The molecule has 5 heteroatoms. The van der Waals surface area contributed by atoms with Crippen LogP contribution in [0.1, 0.15) is 33.6 Å². The number of rotatable bonds is 5. The largest absolute Gasteiger partial charge is 0.506 e. The second-order valence-electron chi connectivity index (χ2n) is 4.76. The molecule has 1 unspecified atom stereocenters. The summed E-state index contributed by atoms with van der Waals surface area (Å²) in [7, 11) is 0. The van der Waals surface area contributed by atoms with E-state index in [0.717, 1.165) is 12.8 Å². The maximum atomic E-state index is 9.92. The zero-order chi connectivity index (χ0) is 12.5. The number of aliphatic hydroxyl groups is 1. The van der Waals surface area contributed by atoms with Crippen LogP contribution in [-0.2, 0) is 18.9 Å². The fraction of sp³-hybridized carbons (Fsp3) is 0.833. The standard InChI is InChI=1S/C12H20O5/c1-4-5-6-14-7-8-9(13)10-11(15-8)17-12(2,3)16-10/h10-11,13H,4-7H2,1-3H3/t10?,11-/m1/s1. The van der Waals surface area contributed by atoms with Gasteiger partial charge in [0.25, 0.3) is 0 Å². The molecule has 1 saturated heterocycles. The zero-order valence-corrected chi connectivity index (χ0v) is 10.6. The first-order chi connectivity index (χ1) is 8.03. The summed E-state index contributed by atoms with van der Waals surface area (Å²) in [4.78, 5) is 0. The van der Waals surface area contributed by atoms with Gasteiger partial charge >= 0.3 is 0 Å². The number of aliphatic hydroxyl groups excluding tert-OH is 1. The van der Waals surface area contributed by atoms with Crippen molar-refractivity contribution in [2.45, 2.75) is 51.8 Å². The molecule has 1 N–H and O–H groups in total. The van der Waals surface area contributed by atoms with Gasteiger partial charge < -0.3 is 24.1 Å². The van der Waals surface area contributed by atoms with E-state index in [1.54, 1.807) is 13.8 Å². The van der Waals surface area contributed by atoms with Crippen molar-refractivity contribution in [3.05, 3.63) is 11.5 Å². The lowest BCUT2D eigenvalue weighted by atomic mass is 10.3. The molecule has 2 atom stereocenters. The van der Waals surface area contributed by atoms with E-state index in [4.69, 9.17) is 18.9 Å². The summed E-state index contributed by atoms with van der Waals surface area (Å²) < 4.78 is 21.9. The molecule has 0 radical (unpaired) electrons. The Labute approximate surface area is 101 Å². The van der Waals surface area contributed by atoms with Crippen LogP contribution in [0, 0.1) is 0 Å². The summed E-state index contributed by atoms with van der Waals surface area (Å²) in [6.45, 7) is 6.62. The highest BCUT2D eigenvalue weighted by molar-refractivity contribution is 5.15. The van der Waals surface area contributed by atoms with Crippen molar-refractivity contribution in [1.82, 2.24) is 0 Å². The lowest BCUT2D eigenvalue weighted by Gasteiger charge is -2.18. The molecule has 2 rings (SSSR count). The Bertz CT molecular complexity index is 310. The molecule has 0 aromatic rings. The van der Waals surface area contributed by atoms with E-state index in [2.05, 4.69) is 6.92 Å². The van der Waals surface area contributed by atoms with E-state index in [1.807, 2.05) is 0 Å². The maximum absolute atomic E-state index is 9.92. The highest BCUT2D eigenvalue weighted by Gasteiger charge is 2.50. The minimum Gasteiger partial charge on any atom is -0.506 e. The summed E-state index contributed by atoms with van der Waals surface area (Å²) in [6.07, 6.45) is 1.02. The van der Waals surface area contributed by atoms with Crippen LogP contribution >= 0.6 is 0 Å². The first-order valence-corrected chi connectivity index (χ1v) is 6.05. The monoisotopic (exact) mass is 244 g/mol. The Balaban J connectivity index is 1.87. The van der Waals surface area contributed by atoms with Crippen LogP contribution in [0.25, 0.3) is 0 Å². The quantitative estimate of drug-likeness (QED) is 0.750. The molecular formula is C12H20O5. The Kier molecular flexibility index (Phi) is 3.61. The highest BCUT2D eigenvalue weighted by atomic mass is 16.8. The van der Waals surface area contributed by atoms with Crippen LogP contribution in [0.4, 0.5) is 0 Å². The predicted octanol–water partition coefficient (Wildman–Crippen LogP) is 2.08. The minimum absolute atomic E-state index is 0.0945. The van der Waals surface area contributed by atoms with E-state index in [9.17, 15) is 5.11 Å². The summed E-state index contributed by atoms with van der Waals surface area (Å²) in [5.41, 5.74) is 0. The molecule has 98 valence electrons. The fourth-order valence-corrected chi connectivity index (χ4v) is 1.88. The van der Waals surface area contributed by atoms with Crippen LogP contribution in [0.5, 0.6) is 0 Å². The topological polar surface area (TPSA) is 57.2 Å². The molecule has 0 saturated carbocycles. The van der Waals surface area contributed by atoms with Gasteiger partial charge in [0.15, 0.2) is 23.4 Å². The van der Waals surface area contributed by atoms with Crippen molar-refractivity contribution in [2.24, 2.45) is 0 Å². The average Bonchev–Trinajstić information content (AvgIpc) is 2.69. The number of ether oxygens (including phenoxy) is 4. The van der Waals surface area contributed by atoms with Gasteiger partial charge in [0.2, 0.25) is 6.29 Å². The fourth-order valence-electron chi connectivity index (χ4n) is 1.88. The van der Waals surface area contributed by atoms with Crippen molar-refractivity contribution in [2.75, 3.05) is 13.2 Å². The van der Waals surface area contributed by atoms with Gasteiger partial charge in [0.1, 0.15) is 6.61 Å². The van der Waals surface area contributed by atoms with E-state index >= 15 is 0 Å². The summed E-state index contributed by atoms with van der Waals surface area (Å²) in [6, 6.07) is 0. The number of hydrogen-bond donors (Lipinski definition) is 1. The Morgan fingerprint density at radius 2 is 2.12 bits per heavy atom. The van der Waals surface area contributed by atoms with Crippen LogP contribution in [-0.4, -0.2) is 36.5 Å². The highest BCUT2D eigenvalue weighted by Crippen LogP contribution is 2.38. The van der Waals surface area contributed by atoms with E-state index < -0.39 is 18.2 Å². The minimum atomic E-state index is -0.710. The second-order valence-corrected chi connectivity index (χ2v) is 4.76. The smallest absolute Gasteiger partial charge is 0.236 e. The van der Waals surface area contributed by atoms with Gasteiger partial charge in [-0.3, -0.25) is 0 Å². The molecule has 2 heterocycles. The van der Waals surface area contributed by atoms with Crippen LogP contribution in [0.15, 0.2) is 11.5 Å². The third-order valence-corrected chi connectivity index (χ3v) is 2.75. The first kappa shape index (κ1) is 12.7. The van der Waals surface area contributed by atoms with Crippen LogP contribution in [0.3, 0.4) is 0 Å². The first-order valence-electron chi connectivity index (χ1n) is 6.05. The molecule has 0 spiro atoms. The van der Waals surface area contributed by atoms with Crippen molar-refractivity contribution in [3.63, 3.8) is 0 Å². The second kappa shape index (κ2) is 4.84. The van der Waals surface area contributed by atoms with Gasteiger partial charge in [0.05, 0.1) is 0 Å². The molecule has 2 aliphatic rings. The van der Waals surface area contributed by atoms with Crippen molar-refractivity contribution in [1.29, 1.82) is 0 Å². The predicted molar refractivity (Wildman–Crippen MR) is 60.3 cm³/mol. The van der Waals surface area contributed by atoms with Gasteiger partial charge in [0, 0.05) is 6.61 Å². The SMILES string of the molecule is CCCCOCC1=C(O)C2OC(C)(C)O[C@H]2O1. The molecule has 1 fully saturated rings. The van der Waals surface area contributed by atoms with E-state index in [1.165, 1.54) is 0 Å².